The molecule has 1 amide bonds. The Hall–Kier alpha value is -2.18. The van der Waals surface area contributed by atoms with E-state index in [-0.39, 0.29) is 11.6 Å². The lowest BCUT2D eigenvalue weighted by Crippen LogP contribution is -2.13. The van der Waals surface area contributed by atoms with Crippen LogP contribution in [-0.4, -0.2) is 15.9 Å². The van der Waals surface area contributed by atoms with Gasteiger partial charge in [0.25, 0.3) is 5.91 Å². The highest BCUT2D eigenvalue weighted by Gasteiger charge is 2.12. The van der Waals surface area contributed by atoms with Crippen LogP contribution in [0.4, 0.5) is 5.13 Å². The smallest absolute Gasteiger partial charge is 0.276 e. The van der Waals surface area contributed by atoms with Gasteiger partial charge >= 0.3 is 0 Å². The predicted molar refractivity (Wildman–Crippen MR) is 77.0 cm³/mol. The lowest BCUT2D eigenvalue weighted by molar-refractivity contribution is 0.102. The quantitative estimate of drug-likeness (QED) is 0.801. The van der Waals surface area contributed by atoms with E-state index in [0.717, 1.165) is 0 Å². The van der Waals surface area contributed by atoms with Crippen LogP contribution in [0.1, 0.15) is 10.5 Å². The summed E-state index contributed by atoms with van der Waals surface area (Å²) in [6.07, 6.45) is 3.05. The Kier molecular flexibility index (Phi) is 3.49. The third kappa shape index (κ3) is 2.71. The van der Waals surface area contributed by atoms with Gasteiger partial charge in [-0.15, -0.1) is 11.3 Å². The standard InChI is InChI=1S/C13H8ClN3O2S/c14-8-3-4-15-9(6-8)12(18)17-13-16-10(7-20-13)11-2-1-5-19-11/h1-7H,(H,16,17,18). The number of halogens is 1. The van der Waals surface area contributed by atoms with Gasteiger partial charge in [-0.2, -0.15) is 0 Å². The number of aromatic nitrogens is 2. The second kappa shape index (κ2) is 5.44. The number of anilines is 1. The minimum atomic E-state index is -0.354. The molecule has 0 unspecified atom stereocenters. The van der Waals surface area contributed by atoms with Gasteiger partial charge in [0.1, 0.15) is 11.4 Å². The first-order valence-electron chi connectivity index (χ1n) is 5.65. The van der Waals surface area contributed by atoms with Crippen LogP contribution in [0.5, 0.6) is 0 Å². The number of thiazole rings is 1. The van der Waals surface area contributed by atoms with Crippen molar-refractivity contribution in [2.24, 2.45) is 0 Å². The number of nitrogens with one attached hydrogen (secondary N) is 1. The van der Waals surface area contributed by atoms with Crippen molar-refractivity contribution >= 4 is 34.0 Å². The van der Waals surface area contributed by atoms with Crippen molar-refractivity contribution in [2.45, 2.75) is 0 Å². The average Bonchev–Trinajstić information content (AvgIpc) is 3.08. The Labute approximate surface area is 123 Å². The van der Waals surface area contributed by atoms with E-state index in [1.165, 1.54) is 23.6 Å². The second-order valence-electron chi connectivity index (χ2n) is 3.83. The molecule has 100 valence electrons. The summed E-state index contributed by atoms with van der Waals surface area (Å²) in [7, 11) is 0. The molecular weight excluding hydrogens is 298 g/mol. The summed E-state index contributed by atoms with van der Waals surface area (Å²) in [5, 5.41) is 5.41. The molecule has 0 atom stereocenters. The van der Waals surface area contributed by atoms with Crippen LogP contribution >= 0.6 is 22.9 Å². The molecule has 0 fully saturated rings. The fraction of sp³-hybridized carbons (Fsp3) is 0. The Morgan fingerprint density at radius 2 is 2.30 bits per heavy atom. The minimum Gasteiger partial charge on any atom is -0.463 e. The number of hydrogen-bond acceptors (Lipinski definition) is 5. The molecule has 3 aromatic rings. The highest BCUT2D eigenvalue weighted by molar-refractivity contribution is 7.14. The first kappa shape index (κ1) is 12.8. The van der Waals surface area contributed by atoms with Crippen molar-refractivity contribution in [1.82, 2.24) is 9.97 Å². The van der Waals surface area contributed by atoms with Gasteiger partial charge in [-0.25, -0.2) is 4.98 Å². The van der Waals surface area contributed by atoms with Crippen molar-refractivity contribution in [3.05, 3.63) is 52.8 Å². The number of carbonyl (C=O) groups is 1. The number of hydrogen-bond donors (Lipinski definition) is 1. The SMILES string of the molecule is O=C(Nc1nc(-c2ccco2)cs1)c1cc(Cl)ccn1. The topological polar surface area (TPSA) is 68.0 Å². The normalized spacial score (nSPS) is 10.4. The molecule has 5 nitrogen and oxygen atoms in total. The molecule has 0 aliphatic rings. The number of pyridine rings is 1. The first-order chi connectivity index (χ1) is 9.72. The Bertz CT molecular complexity index is 740. The largest absolute Gasteiger partial charge is 0.463 e. The zero-order valence-corrected chi connectivity index (χ0v) is 11.6. The molecule has 7 heteroatoms. The summed E-state index contributed by atoms with van der Waals surface area (Å²) < 4.78 is 5.24. The number of nitrogens with zero attached hydrogens (tertiary/aromatic N) is 2. The van der Waals surface area contributed by atoms with Gasteiger partial charge in [0.15, 0.2) is 10.9 Å². The fourth-order valence-corrected chi connectivity index (χ4v) is 2.41. The first-order valence-corrected chi connectivity index (χ1v) is 6.90. The van der Waals surface area contributed by atoms with Gasteiger partial charge < -0.3 is 4.42 Å². The molecule has 0 saturated carbocycles. The molecule has 0 saturated heterocycles. The third-order valence-corrected chi connectivity index (χ3v) is 3.45. The number of rotatable bonds is 3. The summed E-state index contributed by atoms with van der Waals surface area (Å²) in [6.45, 7) is 0. The Balaban J connectivity index is 1.77. The molecule has 1 N–H and O–H groups in total. The highest BCUT2D eigenvalue weighted by Crippen LogP contribution is 2.25. The van der Waals surface area contributed by atoms with Crippen LogP contribution in [0.2, 0.25) is 5.02 Å². The average molecular weight is 306 g/mol. The maximum Gasteiger partial charge on any atom is 0.276 e. The molecule has 0 aliphatic carbocycles. The molecular formula is C13H8ClN3O2S. The third-order valence-electron chi connectivity index (χ3n) is 2.45. The van der Waals surface area contributed by atoms with E-state index in [9.17, 15) is 4.79 Å². The molecule has 0 radical (unpaired) electrons. The van der Waals surface area contributed by atoms with Crippen molar-refractivity contribution in [3.8, 4) is 11.5 Å². The maximum atomic E-state index is 12.0. The Morgan fingerprint density at radius 1 is 1.40 bits per heavy atom. The minimum absolute atomic E-state index is 0.243. The summed E-state index contributed by atoms with van der Waals surface area (Å²) >= 11 is 7.13. The summed E-state index contributed by atoms with van der Waals surface area (Å²) in [6, 6.07) is 6.69. The Morgan fingerprint density at radius 3 is 3.05 bits per heavy atom. The predicted octanol–water partition coefficient (Wildman–Crippen LogP) is 3.70. The van der Waals surface area contributed by atoms with E-state index < -0.39 is 0 Å². The van der Waals surface area contributed by atoms with E-state index in [4.69, 9.17) is 16.0 Å². The molecule has 0 spiro atoms. The van der Waals surface area contributed by atoms with E-state index in [2.05, 4.69) is 15.3 Å². The molecule has 0 aliphatic heterocycles. The summed E-state index contributed by atoms with van der Waals surface area (Å²) in [5.41, 5.74) is 0.918. The zero-order chi connectivity index (χ0) is 13.9. The number of furan rings is 1. The molecule has 0 aromatic carbocycles. The van der Waals surface area contributed by atoms with Crippen molar-refractivity contribution in [3.63, 3.8) is 0 Å². The van der Waals surface area contributed by atoms with E-state index in [0.29, 0.717) is 21.6 Å². The number of amides is 1. The molecule has 3 aromatic heterocycles. The number of carbonyl (C=O) groups excluding carboxylic acids is 1. The zero-order valence-electron chi connectivity index (χ0n) is 10.0. The van der Waals surface area contributed by atoms with E-state index in [1.807, 2.05) is 0 Å². The summed E-state index contributed by atoms with van der Waals surface area (Å²) in [5.74, 6) is 0.301. The van der Waals surface area contributed by atoms with Gasteiger partial charge in [-0.05, 0) is 24.3 Å². The van der Waals surface area contributed by atoms with Crippen molar-refractivity contribution < 1.29 is 9.21 Å². The van der Waals surface area contributed by atoms with E-state index >= 15 is 0 Å². The van der Waals surface area contributed by atoms with Crippen LogP contribution in [-0.2, 0) is 0 Å². The van der Waals surface area contributed by atoms with Gasteiger partial charge in [-0.3, -0.25) is 15.1 Å². The van der Waals surface area contributed by atoms with Crippen LogP contribution < -0.4 is 5.32 Å². The van der Waals surface area contributed by atoms with Crippen molar-refractivity contribution in [2.75, 3.05) is 5.32 Å². The molecule has 3 rings (SSSR count). The molecule has 20 heavy (non-hydrogen) atoms. The van der Waals surface area contributed by atoms with Crippen LogP contribution in [0.3, 0.4) is 0 Å². The second-order valence-corrected chi connectivity index (χ2v) is 5.12. The fourth-order valence-electron chi connectivity index (χ4n) is 1.56. The van der Waals surface area contributed by atoms with Gasteiger partial charge in [0, 0.05) is 16.6 Å². The van der Waals surface area contributed by atoms with Crippen LogP contribution in [0.25, 0.3) is 11.5 Å². The monoisotopic (exact) mass is 305 g/mol. The van der Waals surface area contributed by atoms with Crippen LogP contribution in [0, 0.1) is 0 Å². The molecule has 3 heterocycles. The highest BCUT2D eigenvalue weighted by atomic mass is 35.5. The van der Waals surface area contributed by atoms with Gasteiger partial charge in [0.2, 0.25) is 0 Å². The van der Waals surface area contributed by atoms with Crippen LogP contribution in [0.15, 0.2) is 46.5 Å². The lowest BCUT2D eigenvalue weighted by Gasteiger charge is -2.00. The van der Waals surface area contributed by atoms with Gasteiger partial charge in [-0.1, -0.05) is 11.6 Å². The summed E-state index contributed by atoms with van der Waals surface area (Å²) in [4.78, 5) is 20.2. The molecule has 0 bridgehead atoms. The van der Waals surface area contributed by atoms with Gasteiger partial charge in [0.05, 0.1) is 6.26 Å². The van der Waals surface area contributed by atoms with E-state index in [1.54, 1.807) is 29.8 Å². The maximum absolute atomic E-state index is 12.0. The van der Waals surface area contributed by atoms with Crippen molar-refractivity contribution in [1.29, 1.82) is 0 Å². The lowest BCUT2D eigenvalue weighted by atomic mass is 10.3.